The van der Waals surface area contributed by atoms with Crippen molar-refractivity contribution in [3.05, 3.63) is 29.8 Å². The van der Waals surface area contributed by atoms with Crippen LogP contribution in [0.1, 0.15) is 63.9 Å². The Morgan fingerprint density at radius 1 is 1.05 bits per heavy atom. The molecule has 0 saturated heterocycles. The van der Waals surface area contributed by atoms with Gasteiger partial charge in [-0.15, -0.1) is 0 Å². The molecule has 0 spiro atoms. The Bertz CT molecular complexity index is 451. The number of thiocarbonyl (C=S) groups is 1. The van der Waals surface area contributed by atoms with Gasteiger partial charge in [0.15, 0.2) is 0 Å². The molecule has 0 bridgehead atoms. The Balaban J connectivity index is 1.70. The first-order chi connectivity index (χ1) is 10.3. The van der Waals surface area contributed by atoms with Gasteiger partial charge in [0.2, 0.25) is 0 Å². The van der Waals surface area contributed by atoms with Gasteiger partial charge < -0.3 is 0 Å². The minimum Gasteiger partial charge on any atom is -0.195 e. The first-order valence-corrected chi connectivity index (χ1v) is 8.89. The van der Waals surface area contributed by atoms with Crippen molar-refractivity contribution in [3.8, 4) is 0 Å². The van der Waals surface area contributed by atoms with Crippen molar-refractivity contribution in [2.45, 2.75) is 64.7 Å². The lowest BCUT2D eigenvalue weighted by Gasteiger charge is -2.28. The summed E-state index contributed by atoms with van der Waals surface area (Å²) >= 11 is 4.62. The Kier molecular flexibility index (Phi) is 7.12. The van der Waals surface area contributed by atoms with Gasteiger partial charge in [0, 0.05) is 0 Å². The lowest BCUT2D eigenvalue weighted by Crippen LogP contribution is -2.15. The molecule has 1 aliphatic rings. The second-order valence-corrected chi connectivity index (χ2v) is 6.62. The van der Waals surface area contributed by atoms with E-state index in [0.29, 0.717) is 0 Å². The van der Waals surface area contributed by atoms with E-state index in [-0.39, 0.29) is 0 Å². The van der Waals surface area contributed by atoms with Crippen LogP contribution in [0.4, 0.5) is 5.69 Å². The van der Waals surface area contributed by atoms with Gasteiger partial charge in [-0.2, -0.15) is 4.99 Å². The van der Waals surface area contributed by atoms with Crippen molar-refractivity contribution < 1.29 is 0 Å². The van der Waals surface area contributed by atoms with Crippen LogP contribution in [0.15, 0.2) is 29.3 Å². The molecule has 21 heavy (non-hydrogen) atoms. The van der Waals surface area contributed by atoms with E-state index in [0.717, 1.165) is 17.5 Å². The highest BCUT2D eigenvalue weighted by Gasteiger charge is 2.20. The van der Waals surface area contributed by atoms with Crippen LogP contribution >= 0.6 is 12.2 Å². The number of aryl methyl sites for hydroxylation is 1. The van der Waals surface area contributed by atoms with Crippen molar-refractivity contribution in [2.24, 2.45) is 16.8 Å². The van der Waals surface area contributed by atoms with E-state index in [9.17, 15) is 0 Å². The SMILES string of the molecule is CCCCC1CCC(CCc2ccc(N=C=S)cc2)CC1. The molecule has 1 saturated carbocycles. The number of unbranched alkanes of at least 4 members (excludes halogenated alkanes) is 1. The standard InChI is InChI=1S/C19H27NS/c1-2-3-4-16-5-7-17(8-6-16)9-10-18-11-13-19(14-12-18)20-15-21/h11-14,16-17H,2-10H2,1H3. The molecule has 2 rings (SSSR count). The Labute approximate surface area is 134 Å². The Hall–Kier alpha value is -0.980. The number of rotatable bonds is 7. The van der Waals surface area contributed by atoms with Crippen molar-refractivity contribution >= 4 is 23.1 Å². The van der Waals surface area contributed by atoms with E-state index in [4.69, 9.17) is 0 Å². The quantitative estimate of drug-likeness (QED) is 0.422. The zero-order chi connectivity index (χ0) is 14.9. The van der Waals surface area contributed by atoms with Crippen molar-refractivity contribution in [3.63, 3.8) is 0 Å². The molecular formula is C19H27NS. The molecule has 1 nitrogen and oxygen atoms in total. The number of benzene rings is 1. The van der Waals surface area contributed by atoms with Crippen LogP contribution in [0.3, 0.4) is 0 Å². The number of aliphatic imine (C=N–C) groups is 1. The predicted octanol–water partition coefficient (Wildman–Crippen LogP) is 6.35. The molecule has 0 aliphatic heterocycles. The lowest BCUT2D eigenvalue weighted by molar-refractivity contribution is 0.250. The van der Waals surface area contributed by atoms with Gasteiger partial charge in [-0.1, -0.05) is 64.0 Å². The number of isothiocyanates is 1. The van der Waals surface area contributed by atoms with E-state index in [1.165, 1.54) is 63.4 Å². The molecule has 1 fully saturated rings. The van der Waals surface area contributed by atoms with Crippen LogP contribution in [0.5, 0.6) is 0 Å². The maximum atomic E-state index is 4.62. The molecule has 1 aromatic rings. The first-order valence-electron chi connectivity index (χ1n) is 8.48. The summed E-state index contributed by atoms with van der Waals surface area (Å²) in [6, 6.07) is 8.43. The molecule has 0 heterocycles. The highest BCUT2D eigenvalue weighted by molar-refractivity contribution is 7.78. The van der Waals surface area contributed by atoms with Crippen LogP contribution in [-0.2, 0) is 6.42 Å². The van der Waals surface area contributed by atoms with Gasteiger partial charge in [-0.25, -0.2) is 0 Å². The van der Waals surface area contributed by atoms with Crippen LogP contribution < -0.4 is 0 Å². The normalized spacial score (nSPS) is 21.8. The molecule has 0 N–H and O–H groups in total. The number of nitrogens with zero attached hydrogens (tertiary/aromatic N) is 1. The smallest absolute Gasteiger partial charge is 0.0739 e. The topological polar surface area (TPSA) is 12.4 Å². The molecule has 0 unspecified atom stereocenters. The van der Waals surface area contributed by atoms with Gasteiger partial charge in [-0.3, -0.25) is 0 Å². The van der Waals surface area contributed by atoms with Crippen LogP contribution in [0.25, 0.3) is 0 Å². The first kappa shape index (κ1) is 16.4. The summed E-state index contributed by atoms with van der Waals surface area (Å²) in [4.78, 5) is 4.00. The lowest BCUT2D eigenvalue weighted by atomic mass is 9.78. The summed E-state index contributed by atoms with van der Waals surface area (Å²) in [6.07, 6.45) is 12.6. The summed E-state index contributed by atoms with van der Waals surface area (Å²) in [5.74, 6) is 1.97. The third kappa shape index (κ3) is 5.73. The highest BCUT2D eigenvalue weighted by Crippen LogP contribution is 2.34. The summed E-state index contributed by atoms with van der Waals surface area (Å²) in [7, 11) is 0. The maximum absolute atomic E-state index is 4.62. The summed E-state index contributed by atoms with van der Waals surface area (Å²) < 4.78 is 0. The predicted molar refractivity (Wildman–Crippen MR) is 94.4 cm³/mol. The molecule has 1 aliphatic carbocycles. The second kappa shape index (κ2) is 9.12. The summed E-state index contributed by atoms with van der Waals surface area (Å²) in [6.45, 7) is 2.30. The molecule has 0 radical (unpaired) electrons. The molecule has 114 valence electrons. The summed E-state index contributed by atoms with van der Waals surface area (Å²) in [5.41, 5.74) is 2.33. The van der Waals surface area contributed by atoms with Crippen LogP contribution in [-0.4, -0.2) is 5.16 Å². The fourth-order valence-electron chi connectivity index (χ4n) is 3.46. The second-order valence-electron chi connectivity index (χ2n) is 6.44. The molecule has 0 amide bonds. The highest BCUT2D eigenvalue weighted by atomic mass is 32.1. The monoisotopic (exact) mass is 301 g/mol. The van der Waals surface area contributed by atoms with Crippen LogP contribution in [0, 0.1) is 11.8 Å². The zero-order valence-electron chi connectivity index (χ0n) is 13.2. The van der Waals surface area contributed by atoms with Crippen LogP contribution in [0.2, 0.25) is 0 Å². The minimum absolute atomic E-state index is 0.908. The van der Waals surface area contributed by atoms with Crippen molar-refractivity contribution in [1.29, 1.82) is 0 Å². The van der Waals surface area contributed by atoms with Gasteiger partial charge in [0.05, 0.1) is 10.8 Å². The average molecular weight is 301 g/mol. The molecule has 0 atom stereocenters. The van der Waals surface area contributed by atoms with E-state index < -0.39 is 0 Å². The zero-order valence-corrected chi connectivity index (χ0v) is 14.0. The van der Waals surface area contributed by atoms with Crippen molar-refractivity contribution in [1.82, 2.24) is 0 Å². The minimum atomic E-state index is 0.908. The summed E-state index contributed by atoms with van der Waals surface area (Å²) in [5, 5.41) is 2.41. The third-order valence-corrected chi connectivity index (χ3v) is 4.98. The van der Waals surface area contributed by atoms with Gasteiger partial charge in [0.25, 0.3) is 0 Å². The molecule has 1 aromatic carbocycles. The van der Waals surface area contributed by atoms with E-state index in [1.807, 2.05) is 12.1 Å². The largest absolute Gasteiger partial charge is 0.195 e. The molecule has 2 heteroatoms. The fraction of sp³-hybridized carbons (Fsp3) is 0.632. The molecule has 0 aromatic heterocycles. The van der Waals surface area contributed by atoms with Gasteiger partial charge >= 0.3 is 0 Å². The van der Waals surface area contributed by atoms with E-state index >= 15 is 0 Å². The van der Waals surface area contributed by atoms with E-state index in [1.54, 1.807) is 0 Å². The van der Waals surface area contributed by atoms with Crippen molar-refractivity contribution in [2.75, 3.05) is 0 Å². The Morgan fingerprint density at radius 3 is 2.24 bits per heavy atom. The van der Waals surface area contributed by atoms with E-state index in [2.05, 4.69) is 41.4 Å². The number of hydrogen-bond donors (Lipinski definition) is 0. The Morgan fingerprint density at radius 2 is 1.67 bits per heavy atom. The molecular weight excluding hydrogens is 274 g/mol. The third-order valence-electron chi connectivity index (χ3n) is 4.88. The maximum Gasteiger partial charge on any atom is 0.0739 e. The average Bonchev–Trinajstić information content (AvgIpc) is 2.53. The number of hydrogen-bond acceptors (Lipinski definition) is 2. The fourth-order valence-corrected chi connectivity index (χ4v) is 3.57. The van der Waals surface area contributed by atoms with Gasteiger partial charge in [-0.05, 0) is 54.6 Å². The van der Waals surface area contributed by atoms with Gasteiger partial charge in [0.1, 0.15) is 0 Å².